The lowest BCUT2D eigenvalue weighted by molar-refractivity contribution is 0.0933. The first kappa shape index (κ1) is 10.4. The highest BCUT2D eigenvalue weighted by Gasteiger charge is 2.05. The summed E-state index contributed by atoms with van der Waals surface area (Å²) in [5, 5.41) is 0. The molecule has 5 heteroatoms. The van der Waals surface area contributed by atoms with Gasteiger partial charge in [-0.3, -0.25) is 20.6 Å². The third-order valence-electron chi connectivity index (χ3n) is 2.07. The number of aromatic nitrogens is 1. The Morgan fingerprint density at radius 2 is 2.25 bits per heavy atom. The summed E-state index contributed by atoms with van der Waals surface area (Å²) >= 11 is 0. The monoisotopic (exact) mass is 216 g/mol. The number of amides is 1. The van der Waals surface area contributed by atoms with E-state index in [0.717, 1.165) is 12.8 Å². The van der Waals surface area contributed by atoms with E-state index >= 15 is 0 Å². The van der Waals surface area contributed by atoms with Gasteiger partial charge in [-0.1, -0.05) is 6.07 Å². The van der Waals surface area contributed by atoms with Crippen LogP contribution in [0.1, 0.15) is 23.3 Å². The lowest BCUT2D eigenvalue weighted by atomic mass is 10.3. The highest BCUT2D eigenvalue weighted by Crippen LogP contribution is 2.02. The van der Waals surface area contributed by atoms with Gasteiger partial charge in [0, 0.05) is 12.4 Å². The van der Waals surface area contributed by atoms with E-state index in [9.17, 15) is 4.79 Å². The van der Waals surface area contributed by atoms with Crippen molar-refractivity contribution in [1.82, 2.24) is 15.8 Å². The molecule has 0 aliphatic carbocycles. The molecule has 0 saturated carbocycles. The Balaban J connectivity index is 1.89. The number of hydrogen-bond donors (Lipinski definition) is 2. The average molecular weight is 216 g/mol. The molecule has 1 aromatic rings. The summed E-state index contributed by atoms with van der Waals surface area (Å²) in [6.45, 7) is 0. The van der Waals surface area contributed by atoms with Crippen molar-refractivity contribution in [3.63, 3.8) is 0 Å². The summed E-state index contributed by atoms with van der Waals surface area (Å²) in [6.07, 6.45) is 7.20. The van der Waals surface area contributed by atoms with Crippen LogP contribution in [-0.2, 0) is 0 Å². The van der Waals surface area contributed by atoms with Gasteiger partial charge in [0.2, 0.25) is 0 Å². The number of rotatable bonds is 3. The molecule has 0 radical (unpaired) electrons. The Kier molecular flexibility index (Phi) is 3.28. The van der Waals surface area contributed by atoms with E-state index in [2.05, 4.69) is 20.8 Å². The van der Waals surface area contributed by atoms with Crippen LogP contribution in [0.5, 0.6) is 0 Å². The topological polar surface area (TPSA) is 66.4 Å². The maximum Gasteiger partial charge on any atom is 0.288 e. The summed E-state index contributed by atoms with van der Waals surface area (Å²) in [6, 6.07) is 5.17. The second-order valence-corrected chi connectivity index (χ2v) is 3.27. The standard InChI is InChI=1S/C11H12N4O/c16-11(9-5-1-3-7-12-9)15-14-10-6-2-4-8-13-10/h1,3,5-8,14H,2,4H2,(H,15,16). The van der Waals surface area contributed by atoms with Gasteiger partial charge >= 0.3 is 0 Å². The molecule has 2 N–H and O–H groups in total. The Morgan fingerprint density at radius 1 is 1.31 bits per heavy atom. The zero-order chi connectivity index (χ0) is 11.2. The van der Waals surface area contributed by atoms with Crippen LogP contribution in [-0.4, -0.2) is 17.1 Å². The fraction of sp³-hybridized carbons (Fsp3) is 0.182. The number of carbonyl (C=O) groups excluding carboxylic acids is 1. The lowest BCUT2D eigenvalue weighted by Gasteiger charge is -2.10. The Labute approximate surface area is 93.3 Å². The van der Waals surface area contributed by atoms with Gasteiger partial charge in [0.25, 0.3) is 5.91 Å². The minimum absolute atomic E-state index is 0.276. The summed E-state index contributed by atoms with van der Waals surface area (Å²) in [5.74, 6) is 0.387. The van der Waals surface area contributed by atoms with Crippen molar-refractivity contribution in [2.24, 2.45) is 4.99 Å². The molecular weight excluding hydrogens is 204 g/mol. The maximum absolute atomic E-state index is 11.6. The summed E-state index contributed by atoms with van der Waals surface area (Å²) in [4.78, 5) is 19.6. The minimum Gasteiger partial charge on any atom is -0.282 e. The molecule has 0 spiro atoms. The van der Waals surface area contributed by atoms with E-state index in [-0.39, 0.29) is 5.91 Å². The number of aliphatic imine (C=N–C) groups is 1. The number of pyridine rings is 1. The fourth-order valence-electron chi connectivity index (χ4n) is 1.28. The molecule has 0 fully saturated rings. The molecule has 1 aliphatic heterocycles. The molecule has 2 rings (SSSR count). The highest BCUT2D eigenvalue weighted by atomic mass is 16.2. The van der Waals surface area contributed by atoms with E-state index in [4.69, 9.17) is 0 Å². The molecule has 0 saturated heterocycles. The van der Waals surface area contributed by atoms with Crippen molar-refractivity contribution in [1.29, 1.82) is 0 Å². The predicted octanol–water partition coefficient (Wildman–Crippen LogP) is 1.02. The Morgan fingerprint density at radius 3 is 2.94 bits per heavy atom. The molecule has 1 amide bonds. The molecule has 0 unspecified atom stereocenters. The molecule has 5 nitrogen and oxygen atoms in total. The van der Waals surface area contributed by atoms with E-state index in [1.165, 1.54) is 0 Å². The van der Waals surface area contributed by atoms with Crippen molar-refractivity contribution < 1.29 is 4.79 Å². The molecular formula is C11H12N4O. The van der Waals surface area contributed by atoms with Crippen LogP contribution in [0.4, 0.5) is 0 Å². The molecule has 0 atom stereocenters. The summed E-state index contributed by atoms with van der Waals surface area (Å²) in [5.41, 5.74) is 5.65. The fourth-order valence-corrected chi connectivity index (χ4v) is 1.28. The number of nitrogens with one attached hydrogen (secondary N) is 2. The van der Waals surface area contributed by atoms with Gasteiger partial charge in [0.15, 0.2) is 0 Å². The highest BCUT2D eigenvalue weighted by molar-refractivity contribution is 5.91. The first-order valence-corrected chi connectivity index (χ1v) is 5.06. The van der Waals surface area contributed by atoms with Crippen LogP contribution in [0.3, 0.4) is 0 Å². The number of carbonyl (C=O) groups is 1. The predicted molar refractivity (Wildman–Crippen MR) is 60.6 cm³/mol. The maximum atomic E-state index is 11.6. The van der Waals surface area contributed by atoms with Crippen LogP contribution in [0, 0.1) is 0 Å². The quantitative estimate of drug-likeness (QED) is 0.741. The van der Waals surface area contributed by atoms with Gasteiger partial charge in [-0.05, 0) is 31.1 Å². The third-order valence-corrected chi connectivity index (χ3v) is 2.07. The molecule has 82 valence electrons. The van der Waals surface area contributed by atoms with Crippen molar-refractivity contribution in [2.75, 3.05) is 0 Å². The van der Waals surface area contributed by atoms with Crippen LogP contribution in [0.15, 0.2) is 41.3 Å². The SMILES string of the molecule is O=C(NNC1=CCCC=N1)c1ccccn1. The van der Waals surface area contributed by atoms with Crippen molar-refractivity contribution >= 4 is 12.1 Å². The summed E-state index contributed by atoms with van der Waals surface area (Å²) in [7, 11) is 0. The van der Waals surface area contributed by atoms with Gasteiger partial charge in [-0.2, -0.15) is 0 Å². The zero-order valence-electron chi connectivity index (χ0n) is 8.68. The summed E-state index contributed by atoms with van der Waals surface area (Å²) < 4.78 is 0. The van der Waals surface area contributed by atoms with Crippen LogP contribution < -0.4 is 10.9 Å². The number of hydrogen-bond acceptors (Lipinski definition) is 4. The Bertz CT molecular complexity index is 425. The first-order valence-electron chi connectivity index (χ1n) is 5.06. The van der Waals surface area contributed by atoms with E-state index in [0.29, 0.717) is 11.5 Å². The zero-order valence-corrected chi connectivity index (χ0v) is 8.68. The second-order valence-electron chi connectivity index (χ2n) is 3.27. The van der Waals surface area contributed by atoms with E-state index in [1.807, 2.05) is 12.3 Å². The smallest absolute Gasteiger partial charge is 0.282 e. The Hall–Kier alpha value is -2.17. The molecule has 1 aliphatic rings. The molecule has 0 bridgehead atoms. The lowest BCUT2D eigenvalue weighted by Crippen LogP contribution is -2.37. The second kappa shape index (κ2) is 5.06. The molecule has 16 heavy (non-hydrogen) atoms. The molecule has 0 aromatic carbocycles. The minimum atomic E-state index is -0.276. The van der Waals surface area contributed by atoms with Gasteiger partial charge in [-0.25, -0.2) is 4.99 Å². The van der Waals surface area contributed by atoms with Gasteiger partial charge < -0.3 is 0 Å². The average Bonchev–Trinajstić information content (AvgIpc) is 2.38. The van der Waals surface area contributed by atoms with Gasteiger partial charge in [-0.15, -0.1) is 0 Å². The number of nitrogens with zero attached hydrogens (tertiary/aromatic N) is 2. The molecule has 1 aromatic heterocycles. The van der Waals surface area contributed by atoms with E-state index in [1.54, 1.807) is 24.4 Å². The van der Waals surface area contributed by atoms with Crippen molar-refractivity contribution in [3.8, 4) is 0 Å². The van der Waals surface area contributed by atoms with Crippen LogP contribution >= 0.6 is 0 Å². The number of hydrazine groups is 1. The van der Waals surface area contributed by atoms with Gasteiger partial charge in [0.05, 0.1) is 0 Å². The van der Waals surface area contributed by atoms with E-state index < -0.39 is 0 Å². The largest absolute Gasteiger partial charge is 0.288 e. The number of allylic oxidation sites excluding steroid dienone is 1. The van der Waals surface area contributed by atoms with Crippen LogP contribution in [0.2, 0.25) is 0 Å². The van der Waals surface area contributed by atoms with Crippen molar-refractivity contribution in [2.45, 2.75) is 12.8 Å². The van der Waals surface area contributed by atoms with Gasteiger partial charge in [0.1, 0.15) is 11.5 Å². The molecule has 2 heterocycles. The normalized spacial score (nSPS) is 14.1. The van der Waals surface area contributed by atoms with Crippen LogP contribution in [0.25, 0.3) is 0 Å². The van der Waals surface area contributed by atoms with Crippen molar-refractivity contribution in [3.05, 3.63) is 42.0 Å². The first-order chi connectivity index (χ1) is 7.86. The third kappa shape index (κ3) is 2.66.